The van der Waals surface area contributed by atoms with E-state index in [1.165, 1.54) is 44.9 Å². The molecule has 30 heavy (non-hydrogen) atoms. The van der Waals surface area contributed by atoms with Crippen molar-refractivity contribution in [1.82, 2.24) is 0 Å². The molecular weight excluding hydrogens is 372 g/mol. The molecule has 1 spiro atoms. The molecule has 0 aromatic heterocycles. The summed E-state index contributed by atoms with van der Waals surface area (Å²) in [5.41, 5.74) is 0.899. The van der Waals surface area contributed by atoms with Gasteiger partial charge in [0.1, 0.15) is 0 Å². The van der Waals surface area contributed by atoms with Gasteiger partial charge in [0.05, 0.1) is 18.8 Å². The lowest BCUT2D eigenvalue weighted by Gasteiger charge is -2.61. The molecule has 6 aliphatic rings. The molecular formula is C27H44O3. The Morgan fingerprint density at radius 3 is 2.40 bits per heavy atom. The quantitative estimate of drug-likeness (QED) is 0.543. The van der Waals surface area contributed by atoms with Crippen molar-refractivity contribution >= 4 is 0 Å². The SMILES string of the molecule is CC1CC[C@@]2(OC1)O[C@H]1C[C@H]3[C@@H]4CC[C@H]5C[C@@H](O)CC[C@]5(C)C4CC[C@]3(C)C1[C@@H]2C. The van der Waals surface area contributed by atoms with E-state index >= 15 is 0 Å². The lowest BCUT2D eigenvalue weighted by molar-refractivity contribution is -0.273. The molecule has 0 aromatic carbocycles. The molecule has 4 aliphatic carbocycles. The molecule has 4 saturated carbocycles. The number of ether oxygens (including phenoxy) is 2. The van der Waals surface area contributed by atoms with Crippen LogP contribution >= 0.6 is 0 Å². The second-order valence-electron chi connectivity index (χ2n) is 13.1. The molecule has 3 unspecified atom stereocenters. The fraction of sp³-hybridized carbons (Fsp3) is 1.00. The predicted molar refractivity (Wildman–Crippen MR) is 118 cm³/mol. The maximum Gasteiger partial charge on any atom is 0.171 e. The van der Waals surface area contributed by atoms with Gasteiger partial charge in [0, 0.05) is 12.3 Å². The first-order chi connectivity index (χ1) is 14.3. The Morgan fingerprint density at radius 1 is 0.833 bits per heavy atom. The maximum atomic E-state index is 10.3. The van der Waals surface area contributed by atoms with Gasteiger partial charge in [-0.15, -0.1) is 0 Å². The molecule has 6 rings (SSSR count). The average molecular weight is 417 g/mol. The van der Waals surface area contributed by atoms with Crippen LogP contribution in [0.4, 0.5) is 0 Å². The zero-order chi connectivity index (χ0) is 20.9. The van der Waals surface area contributed by atoms with Crippen molar-refractivity contribution in [3.8, 4) is 0 Å². The second-order valence-corrected chi connectivity index (χ2v) is 13.1. The average Bonchev–Trinajstić information content (AvgIpc) is 3.16. The van der Waals surface area contributed by atoms with Gasteiger partial charge in [0.2, 0.25) is 0 Å². The van der Waals surface area contributed by atoms with Crippen molar-refractivity contribution < 1.29 is 14.6 Å². The van der Waals surface area contributed by atoms with Gasteiger partial charge in [-0.25, -0.2) is 0 Å². The summed E-state index contributed by atoms with van der Waals surface area (Å²) in [5.74, 6) is 4.93. The smallest absolute Gasteiger partial charge is 0.171 e. The zero-order valence-electron chi connectivity index (χ0n) is 19.7. The standard InChI is InChI=1S/C27H44O3/c1-16-7-12-27(29-15-16)17(2)24-23(30-27)14-22-20-6-5-18-13-19(28)8-10-25(18,3)21(20)9-11-26(22,24)4/h16-24,28H,5-15H2,1-4H3/t16?,17-,18-,19-,20+,21?,22-,23-,24?,25-,26-,27+/m0/s1. The van der Waals surface area contributed by atoms with Gasteiger partial charge in [-0.2, -0.15) is 0 Å². The van der Waals surface area contributed by atoms with Crippen LogP contribution in [0.15, 0.2) is 0 Å². The molecule has 2 heterocycles. The van der Waals surface area contributed by atoms with E-state index < -0.39 is 0 Å². The molecule has 0 radical (unpaired) electrons. The van der Waals surface area contributed by atoms with E-state index in [1.54, 1.807) is 0 Å². The molecule has 3 heteroatoms. The summed E-state index contributed by atoms with van der Waals surface area (Å²) in [5, 5.41) is 10.3. The van der Waals surface area contributed by atoms with Gasteiger partial charge in [0.15, 0.2) is 5.79 Å². The molecule has 0 bridgehead atoms. The largest absolute Gasteiger partial charge is 0.393 e. The summed E-state index contributed by atoms with van der Waals surface area (Å²) < 4.78 is 13.4. The van der Waals surface area contributed by atoms with E-state index in [2.05, 4.69) is 27.7 Å². The number of hydrogen-bond donors (Lipinski definition) is 1. The highest BCUT2D eigenvalue weighted by molar-refractivity contribution is 5.15. The predicted octanol–water partition coefficient (Wildman–Crippen LogP) is 5.79. The maximum absolute atomic E-state index is 10.3. The van der Waals surface area contributed by atoms with Gasteiger partial charge >= 0.3 is 0 Å². The highest BCUT2D eigenvalue weighted by Crippen LogP contribution is 2.71. The van der Waals surface area contributed by atoms with Gasteiger partial charge in [-0.3, -0.25) is 0 Å². The lowest BCUT2D eigenvalue weighted by atomic mass is 9.44. The van der Waals surface area contributed by atoms with Crippen LogP contribution in [0.1, 0.15) is 91.9 Å². The third kappa shape index (κ3) is 2.61. The summed E-state index contributed by atoms with van der Waals surface area (Å²) in [7, 11) is 0. The van der Waals surface area contributed by atoms with Gasteiger partial charge in [-0.1, -0.05) is 27.7 Å². The van der Waals surface area contributed by atoms with E-state index in [0.29, 0.717) is 34.7 Å². The van der Waals surface area contributed by atoms with Crippen LogP contribution in [0.25, 0.3) is 0 Å². The van der Waals surface area contributed by atoms with Crippen molar-refractivity contribution in [3.63, 3.8) is 0 Å². The molecule has 2 aliphatic heterocycles. The van der Waals surface area contributed by atoms with Crippen molar-refractivity contribution in [1.29, 1.82) is 0 Å². The minimum Gasteiger partial charge on any atom is -0.393 e. The van der Waals surface area contributed by atoms with E-state index in [0.717, 1.165) is 49.5 Å². The lowest BCUT2D eigenvalue weighted by Crippen LogP contribution is -2.55. The number of rotatable bonds is 0. The Morgan fingerprint density at radius 2 is 1.63 bits per heavy atom. The van der Waals surface area contributed by atoms with Gasteiger partial charge in [-0.05, 0) is 104 Å². The van der Waals surface area contributed by atoms with Crippen molar-refractivity contribution in [3.05, 3.63) is 0 Å². The van der Waals surface area contributed by atoms with Crippen LogP contribution in [-0.2, 0) is 9.47 Å². The molecule has 170 valence electrons. The van der Waals surface area contributed by atoms with Gasteiger partial charge in [0.25, 0.3) is 0 Å². The van der Waals surface area contributed by atoms with E-state index in [9.17, 15) is 5.11 Å². The summed E-state index contributed by atoms with van der Waals surface area (Å²) in [6.45, 7) is 10.9. The highest BCUT2D eigenvalue weighted by Gasteiger charge is 2.69. The Hall–Kier alpha value is -0.120. The molecule has 12 atom stereocenters. The van der Waals surface area contributed by atoms with E-state index in [4.69, 9.17) is 9.47 Å². The number of aliphatic hydroxyl groups excluding tert-OH is 1. The number of aliphatic hydroxyl groups is 1. The molecule has 6 fully saturated rings. The minimum atomic E-state index is -0.282. The third-order valence-corrected chi connectivity index (χ3v) is 11.9. The first-order valence-corrected chi connectivity index (χ1v) is 13.3. The summed E-state index contributed by atoms with van der Waals surface area (Å²) in [6.07, 6.45) is 12.9. The third-order valence-electron chi connectivity index (χ3n) is 11.9. The summed E-state index contributed by atoms with van der Waals surface area (Å²) in [6, 6.07) is 0. The van der Waals surface area contributed by atoms with Crippen LogP contribution in [0.3, 0.4) is 0 Å². The van der Waals surface area contributed by atoms with Crippen LogP contribution in [-0.4, -0.2) is 29.7 Å². The Labute approximate surface area is 183 Å². The van der Waals surface area contributed by atoms with Crippen molar-refractivity contribution in [2.24, 2.45) is 52.3 Å². The summed E-state index contributed by atoms with van der Waals surface area (Å²) in [4.78, 5) is 0. The van der Waals surface area contributed by atoms with Crippen LogP contribution in [0.2, 0.25) is 0 Å². The highest BCUT2D eigenvalue weighted by atomic mass is 16.7. The Bertz CT molecular complexity index is 684. The van der Waals surface area contributed by atoms with Crippen LogP contribution in [0.5, 0.6) is 0 Å². The van der Waals surface area contributed by atoms with E-state index in [1.807, 2.05) is 0 Å². The molecule has 1 N–H and O–H groups in total. The fourth-order valence-corrected chi connectivity index (χ4v) is 10.3. The number of fused-ring (bicyclic) bond motifs is 7. The monoisotopic (exact) mass is 416 g/mol. The summed E-state index contributed by atoms with van der Waals surface area (Å²) >= 11 is 0. The van der Waals surface area contributed by atoms with Crippen LogP contribution in [0, 0.1) is 52.3 Å². The fourth-order valence-electron chi connectivity index (χ4n) is 10.3. The topological polar surface area (TPSA) is 38.7 Å². The normalized spacial score (nSPS) is 62.5. The van der Waals surface area contributed by atoms with E-state index in [-0.39, 0.29) is 11.9 Å². The molecule has 3 nitrogen and oxygen atoms in total. The minimum absolute atomic E-state index is 0.0389. The van der Waals surface area contributed by atoms with Gasteiger partial charge < -0.3 is 14.6 Å². The second kappa shape index (κ2) is 6.70. The van der Waals surface area contributed by atoms with Crippen molar-refractivity contribution in [2.75, 3.05) is 6.61 Å². The zero-order valence-corrected chi connectivity index (χ0v) is 19.7. The first kappa shape index (κ1) is 20.5. The molecule has 2 saturated heterocycles. The molecule has 0 aromatic rings. The first-order valence-electron chi connectivity index (χ1n) is 13.3. The van der Waals surface area contributed by atoms with Crippen molar-refractivity contribution in [2.45, 2.75) is 110 Å². The number of hydrogen-bond acceptors (Lipinski definition) is 3. The molecule has 0 amide bonds. The Balaban J connectivity index is 1.26. The van der Waals surface area contributed by atoms with Crippen LogP contribution < -0.4 is 0 Å². The Kier molecular flexibility index (Phi) is 4.58.